The van der Waals surface area contributed by atoms with E-state index in [1.54, 1.807) is 0 Å². The molecule has 0 aliphatic carbocycles. The molecule has 0 bridgehead atoms. The van der Waals surface area contributed by atoms with Gasteiger partial charge in [0.25, 0.3) is 6.71 Å². The second-order valence-corrected chi connectivity index (χ2v) is 22.0. The van der Waals surface area contributed by atoms with Gasteiger partial charge in [-0.25, -0.2) is 0 Å². The molecule has 6 heteroatoms. The van der Waals surface area contributed by atoms with Gasteiger partial charge in [-0.1, -0.05) is 113 Å². The summed E-state index contributed by atoms with van der Waals surface area (Å²) in [5.74, 6) is 2.47. The lowest BCUT2D eigenvalue weighted by atomic mass is 9.33. The van der Waals surface area contributed by atoms with E-state index in [0.29, 0.717) is 13.2 Å². The van der Waals surface area contributed by atoms with Crippen LogP contribution in [-0.4, -0.2) is 19.9 Å². The molecular formula is C54H63BN2O3. The summed E-state index contributed by atoms with van der Waals surface area (Å²) in [7, 11) is 0. The van der Waals surface area contributed by atoms with E-state index in [4.69, 9.17) is 13.9 Å². The molecule has 3 aliphatic rings. The zero-order valence-corrected chi connectivity index (χ0v) is 39.0. The van der Waals surface area contributed by atoms with Crippen molar-refractivity contribution in [2.45, 2.75) is 132 Å². The van der Waals surface area contributed by atoms with Crippen LogP contribution >= 0.6 is 0 Å². The van der Waals surface area contributed by atoms with E-state index in [2.05, 4.69) is 187 Å². The molecule has 0 N–H and O–H groups in total. The molecule has 6 aromatic rings. The minimum Gasteiger partial charge on any atom is -0.486 e. The van der Waals surface area contributed by atoms with E-state index in [0.717, 1.165) is 39.7 Å². The Labute approximate surface area is 359 Å². The average molecular weight is 799 g/mol. The highest BCUT2D eigenvalue weighted by atomic mass is 16.6. The Bertz CT molecular complexity index is 2720. The first-order chi connectivity index (χ1) is 27.9. The first-order valence-corrected chi connectivity index (χ1v) is 22.0. The highest BCUT2D eigenvalue weighted by Crippen LogP contribution is 2.52. The number of nitrogens with zero attached hydrogens (tertiary/aromatic N) is 2. The maximum absolute atomic E-state index is 7.29. The van der Waals surface area contributed by atoms with Crippen LogP contribution in [0.3, 0.4) is 0 Å². The van der Waals surface area contributed by atoms with Crippen molar-refractivity contribution in [3.8, 4) is 11.5 Å². The fraction of sp³-hybridized carbons (Fsp3) is 0.407. The normalized spacial score (nSPS) is 15.0. The molecule has 1 aromatic heterocycles. The second-order valence-electron chi connectivity index (χ2n) is 22.0. The van der Waals surface area contributed by atoms with Gasteiger partial charge in [-0.05, 0) is 135 Å². The maximum atomic E-state index is 7.29. The molecule has 60 heavy (non-hydrogen) atoms. The van der Waals surface area contributed by atoms with Crippen LogP contribution in [0.15, 0.2) is 71.1 Å². The zero-order valence-electron chi connectivity index (χ0n) is 39.0. The maximum Gasteiger partial charge on any atom is 0.257 e. The van der Waals surface area contributed by atoms with Crippen LogP contribution in [0.5, 0.6) is 11.5 Å². The van der Waals surface area contributed by atoms with Crippen LogP contribution in [0.4, 0.5) is 34.3 Å². The zero-order chi connectivity index (χ0) is 43.2. The molecule has 0 radical (unpaired) electrons. The van der Waals surface area contributed by atoms with Gasteiger partial charge in [0.15, 0.2) is 11.5 Å². The van der Waals surface area contributed by atoms with Gasteiger partial charge in [-0.2, -0.15) is 0 Å². The van der Waals surface area contributed by atoms with E-state index in [-0.39, 0.29) is 28.4 Å². The SMILES string of the molecule is Cc1cc(C(C)(C)C)cc(C)c1N1c2cc3c(cc2B2c4c1cc(C(C)(C)C)cc4N(c1c(C)cc(C(C)(C)C)cc1C)c1oc4ccc(C(C)(C)C)cc4c12)OCCO3. The molecule has 5 nitrogen and oxygen atoms in total. The molecule has 310 valence electrons. The predicted octanol–water partition coefficient (Wildman–Crippen LogP) is 12.7. The molecular weight excluding hydrogens is 735 g/mol. The van der Waals surface area contributed by atoms with E-state index < -0.39 is 0 Å². The van der Waals surface area contributed by atoms with E-state index in [1.165, 1.54) is 78.0 Å². The highest BCUT2D eigenvalue weighted by Gasteiger charge is 2.48. The van der Waals surface area contributed by atoms with Crippen molar-refractivity contribution in [2.24, 2.45) is 0 Å². The fourth-order valence-electron chi connectivity index (χ4n) is 9.90. The molecule has 0 amide bonds. The van der Waals surface area contributed by atoms with Crippen LogP contribution in [-0.2, 0) is 21.7 Å². The summed E-state index contributed by atoms with van der Waals surface area (Å²) in [4.78, 5) is 5.04. The lowest BCUT2D eigenvalue weighted by molar-refractivity contribution is 0.172. The largest absolute Gasteiger partial charge is 0.486 e. The predicted molar refractivity (Wildman–Crippen MR) is 255 cm³/mol. The molecule has 0 fully saturated rings. The highest BCUT2D eigenvalue weighted by molar-refractivity contribution is 7.01. The Morgan fingerprint density at radius 1 is 0.467 bits per heavy atom. The Morgan fingerprint density at radius 3 is 1.42 bits per heavy atom. The van der Waals surface area contributed by atoms with Gasteiger partial charge < -0.3 is 18.8 Å². The van der Waals surface area contributed by atoms with Crippen LogP contribution in [0, 0.1) is 27.7 Å². The number of rotatable bonds is 2. The molecule has 4 heterocycles. The van der Waals surface area contributed by atoms with Gasteiger partial charge in [0, 0.05) is 34.0 Å². The smallest absolute Gasteiger partial charge is 0.257 e. The number of ether oxygens (including phenoxy) is 2. The van der Waals surface area contributed by atoms with Gasteiger partial charge in [0.05, 0.1) is 11.4 Å². The third-order valence-electron chi connectivity index (χ3n) is 13.2. The van der Waals surface area contributed by atoms with Crippen LogP contribution in [0.1, 0.15) is 128 Å². The number of hydrogen-bond acceptors (Lipinski definition) is 5. The van der Waals surface area contributed by atoms with Crippen molar-refractivity contribution in [3.05, 3.63) is 111 Å². The summed E-state index contributed by atoms with van der Waals surface area (Å²) in [5, 5.41) is 1.15. The van der Waals surface area contributed by atoms with Gasteiger partial charge >= 0.3 is 0 Å². The van der Waals surface area contributed by atoms with Crippen molar-refractivity contribution in [1.82, 2.24) is 0 Å². The quantitative estimate of drug-likeness (QED) is 0.163. The fourth-order valence-corrected chi connectivity index (χ4v) is 9.90. The van der Waals surface area contributed by atoms with E-state index >= 15 is 0 Å². The van der Waals surface area contributed by atoms with E-state index in [9.17, 15) is 0 Å². The van der Waals surface area contributed by atoms with Crippen molar-refractivity contribution in [3.63, 3.8) is 0 Å². The number of benzene rings is 5. The standard InChI is InChI=1S/C54H63BN2O3/c1-30-21-35(52(8,9)10)22-31(2)48(30)56-40-29-45-44(58-19-20-59-45)28-39(40)55-46-38-25-34(51(5,6)7)17-18-43(38)60-50(46)57(42-27-37(54(14,15)16)26-41(56)47(42)55)49-32(3)23-36(24-33(49)4)53(11,12)13/h17-18,21-29H,19-20H2,1-16H3. The topological polar surface area (TPSA) is 38.1 Å². The molecule has 0 saturated heterocycles. The third-order valence-corrected chi connectivity index (χ3v) is 13.2. The molecule has 0 unspecified atom stereocenters. The molecule has 9 rings (SSSR count). The number of anilines is 6. The molecule has 0 saturated carbocycles. The van der Waals surface area contributed by atoms with Crippen LogP contribution in [0.2, 0.25) is 0 Å². The Kier molecular flexibility index (Phi) is 8.87. The summed E-state index contributed by atoms with van der Waals surface area (Å²) in [6, 6.07) is 25.9. The van der Waals surface area contributed by atoms with E-state index in [1.807, 2.05) is 0 Å². The summed E-state index contributed by atoms with van der Waals surface area (Å²) < 4.78 is 20.1. The molecule has 3 aliphatic heterocycles. The van der Waals surface area contributed by atoms with Crippen LogP contribution < -0.4 is 35.7 Å². The van der Waals surface area contributed by atoms with Crippen molar-refractivity contribution in [1.29, 1.82) is 0 Å². The Morgan fingerprint density at radius 2 is 0.917 bits per heavy atom. The summed E-state index contributed by atoms with van der Waals surface area (Å²) >= 11 is 0. The average Bonchev–Trinajstić information content (AvgIpc) is 3.52. The van der Waals surface area contributed by atoms with Crippen molar-refractivity contribution in [2.75, 3.05) is 23.0 Å². The molecule has 0 atom stereocenters. The van der Waals surface area contributed by atoms with Gasteiger partial charge in [-0.15, -0.1) is 0 Å². The minimum absolute atomic E-state index is 0.00757. The number of hydrogen-bond donors (Lipinski definition) is 0. The van der Waals surface area contributed by atoms with Gasteiger partial charge in [0.2, 0.25) is 5.88 Å². The van der Waals surface area contributed by atoms with Gasteiger partial charge in [0.1, 0.15) is 18.8 Å². The number of fused-ring (bicyclic) bond motifs is 7. The van der Waals surface area contributed by atoms with Crippen LogP contribution in [0.25, 0.3) is 11.0 Å². The minimum atomic E-state index is -0.151. The number of aryl methyl sites for hydroxylation is 4. The monoisotopic (exact) mass is 798 g/mol. The Hall–Kier alpha value is -5.10. The van der Waals surface area contributed by atoms with Gasteiger partial charge in [-0.3, -0.25) is 4.90 Å². The lowest BCUT2D eigenvalue weighted by Gasteiger charge is -2.45. The van der Waals surface area contributed by atoms with Crippen molar-refractivity contribution < 1.29 is 13.9 Å². The summed E-state index contributed by atoms with van der Waals surface area (Å²) in [6.07, 6.45) is 0. The lowest BCUT2D eigenvalue weighted by Crippen LogP contribution is -2.61. The first-order valence-electron chi connectivity index (χ1n) is 22.0. The number of furan rings is 1. The molecule has 5 aromatic carbocycles. The summed E-state index contributed by atoms with van der Waals surface area (Å²) in [6.45, 7) is 37.7. The second kappa shape index (κ2) is 13.2. The molecule has 0 spiro atoms. The Balaban J connectivity index is 1.47. The first kappa shape index (κ1) is 40.3. The van der Waals surface area contributed by atoms with Crippen molar-refractivity contribution >= 4 is 68.4 Å². The third kappa shape index (κ3) is 6.26. The summed E-state index contributed by atoms with van der Waals surface area (Å²) in [5.41, 5.74) is 20.4.